The summed E-state index contributed by atoms with van der Waals surface area (Å²) in [7, 11) is 0. The molecule has 15 heavy (non-hydrogen) atoms. The molecule has 0 bridgehead atoms. The van der Waals surface area contributed by atoms with Crippen molar-refractivity contribution in [3.63, 3.8) is 0 Å². The number of nitrogens with zero attached hydrogens (tertiary/aromatic N) is 3. The van der Waals surface area contributed by atoms with E-state index in [0.717, 1.165) is 11.3 Å². The highest BCUT2D eigenvalue weighted by atomic mass is 79.9. The minimum atomic E-state index is -4.59. The summed E-state index contributed by atoms with van der Waals surface area (Å²) in [5, 5.41) is 16.8. The van der Waals surface area contributed by atoms with Crippen LogP contribution in [0.5, 0.6) is 0 Å². The summed E-state index contributed by atoms with van der Waals surface area (Å²) >= 11 is 4.18. The van der Waals surface area contributed by atoms with E-state index in [2.05, 4.69) is 26.1 Å². The Bertz CT molecular complexity index is 376. The van der Waals surface area contributed by atoms with Crippen LogP contribution in [0.15, 0.2) is 3.92 Å². The number of aliphatic hydroxyl groups is 1. The lowest BCUT2D eigenvalue weighted by atomic mass is 9.94. The average Bonchev–Trinajstić information content (AvgIpc) is 2.43. The second kappa shape index (κ2) is 3.29. The van der Waals surface area contributed by atoms with E-state index in [1.165, 1.54) is 4.90 Å². The summed E-state index contributed by atoms with van der Waals surface area (Å²) in [4.78, 5) is 1.33. The third-order valence-electron chi connectivity index (χ3n) is 2.09. The Morgan fingerprint density at radius 3 is 2.40 bits per heavy atom. The van der Waals surface area contributed by atoms with Gasteiger partial charge in [-0.1, -0.05) is 11.3 Å². The van der Waals surface area contributed by atoms with E-state index in [-0.39, 0.29) is 0 Å². The second-order valence-corrected chi connectivity index (χ2v) is 5.46. The van der Waals surface area contributed by atoms with Crippen LogP contribution in [0, 0.1) is 0 Å². The zero-order valence-corrected chi connectivity index (χ0v) is 9.53. The molecular formula is C6H5BrF3N3OS. The minimum Gasteiger partial charge on any atom is -0.378 e. The van der Waals surface area contributed by atoms with Crippen LogP contribution in [0.1, 0.15) is 0 Å². The zero-order valence-electron chi connectivity index (χ0n) is 7.12. The van der Waals surface area contributed by atoms with Crippen molar-refractivity contribution in [3.05, 3.63) is 3.92 Å². The number of hydrogen-bond donors (Lipinski definition) is 1. The third kappa shape index (κ3) is 1.83. The number of hydrogen-bond acceptors (Lipinski definition) is 5. The van der Waals surface area contributed by atoms with Gasteiger partial charge >= 0.3 is 6.18 Å². The van der Waals surface area contributed by atoms with Gasteiger partial charge in [-0.25, -0.2) is 0 Å². The minimum absolute atomic E-state index is 0.371. The second-order valence-electron chi connectivity index (χ2n) is 3.22. The molecule has 1 fully saturated rings. The highest BCUT2D eigenvalue weighted by molar-refractivity contribution is 9.11. The lowest BCUT2D eigenvalue weighted by Crippen LogP contribution is -2.69. The molecule has 1 N–H and O–H groups in total. The van der Waals surface area contributed by atoms with E-state index in [0.29, 0.717) is 9.05 Å². The van der Waals surface area contributed by atoms with Crippen LogP contribution in [0.4, 0.5) is 18.3 Å². The molecule has 1 aromatic rings. The smallest absolute Gasteiger partial charge is 0.378 e. The van der Waals surface area contributed by atoms with E-state index in [4.69, 9.17) is 5.11 Å². The van der Waals surface area contributed by atoms with Crippen LogP contribution in [0.25, 0.3) is 0 Å². The first-order chi connectivity index (χ1) is 6.82. The van der Waals surface area contributed by atoms with E-state index in [1.54, 1.807) is 0 Å². The highest BCUT2D eigenvalue weighted by Gasteiger charge is 2.61. The molecule has 0 amide bonds. The molecule has 0 unspecified atom stereocenters. The molecule has 1 saturated heterocycles. The molecule has 0 spiro atoms. The van der Waals surface area contributed by atoms with Crippen LogP contribution in [0.3, 0.4) is 0 Å². The van der Waals surface area contributed by atoms with Crippen LogP contribution in [-0.2, 0) is 0 Å². The summed E-state index contributed by atoms with van der Waals surface area (Å²) in [6, 6.07) is 0. The molecular weight excluding hydrogens is 299 g/mol. The maximum atomic E-state index is 12.3. The quantitative estimate of drug-likeness (QED) is 0.852. The first-order valence-corrected chi connectivity index (χ1v) is 5.46. The van der Waals surface area contributed by atoms with Crippen molar-refractivity contribution in [2.75, 3.05) is 18.0 Å². The summed E-state index contributed by atoms with van der Waals surface area (Å²) in [5.41, 5.74) is -2.61. The van der Waals surface area contributed by atoms with Crippen molar-refractivity contribution in [1.82, 2.24) is 10.2 Å². The van der Waals surface area contributed by atoms with Gasteiger partial charge in [0.25, 0.3) is 0 Å². The van der Waals surface area contributed by atoms with Crippen molar-refractivity contribution in [1.29, 1.82) is 0 Å². The first-order valence-electron chi connectivity index (χ1n) is 3.85. The fraction of sp³-hybridized carbons (Fsp3) is 0.667. The molecule has 4 nitrogen and oxygen atoms in total. The van der Waals surface area contributed by atoms with Gasteiger partial charge in [-0.2, -0.15) is 13.2 Å². The van der Waals surface area contributed by atoms with Crippen molar-refractivity contribution in [2.24, 2.45) is 0 Å². The number of rotatable bonds is 1. The number of aromatic nitrogens is 2. The topological polar surface area (TPSA) is 49.2 Å². The summed E-state index contributed by atoms with van der Waals surface area (Å²) in [5.74, 6) is 0. The zero-order chi connectivity index (χ0) is 11.3. The van der Waals surface area contributed by atoms with Gasteiger partial charge in [-0.3, -0.25) is 0 Å². The van der Waals surface area contributed by atoms with E-state index >= 15 is 0 Å². The standard InChI is InChI=1S/C6H5BrF3N3OS/c7-3-11-12-4(15-3)13-1-5(14,2-13)6(8,9)10/h14H,1-2H2. The number of alkyl halides is 3. The van der Waals surface area contributed by atoms with Gasteiger partial charge in [-0.05, 0) is 15.9 Å². The van der Waals surface area contributed by atoms with Gasteiger partial charge in [-0.15, -0.1) is 10.2 Å². The van der Waals surface area contributed by atoms with Crippen molar-refractivity contribution >= 4 is 32.4 Å². The molecule has 0 saturated carbocycles. The van der Waals surface area contributed by atoms with Crippen molar-refractivity contribution in [2.45, 2.75) is 11.8 Å². The van der Waals surface area contributed by atoms with Crippen LogP contribution in [0.2, 0.25) is 0 Å². The Morgan fingerprint density at radius 1 is 1.40 bits per heavy atom. The highest BCUT2D eigenvalue weighted by Crippen LogP contribution is 2.40. The van der Waals surface area contributed by atoms with Gasteiger partial charge in [0.1, 0.15) is 0 Å². The van der Waals surface area contributed by atoms with E-state index in [9.17, 15) is 13.2 Å². The Hall–Kier alpha value is -0.410. The molecule has 1 aromatic heterocycles. The monoisotopic (exact) mass is 303 g/mol. The fourth-order valence-electron chi connectivity index (χ4n) is 1.23. The predicted molar refractivity (Wildman–Crippen MR) is 50.8 cm³/mol. The Labute approximate surface area is 94.9 Å². The molecule has 0 radical (unpaired) electrons. The van der Waals surface area contributed by atoms with Crippen molar-refractivity contribution < 1.29 is 18.3 Å². The van der Waals surface area contributed by atoms with Crippen LogP contribution >= 0.6 is 27.3 Å². The lowest BCUT2D eigenvalue weighted by molar-refractivity contribution is -0.267. The average molecular weight is 304 g/mol. The van der Waals surface area contributed by atoms with Gasteiger partial charge < -0.3 is 10.0 Å². The third-order valence-corrected chi connectivity index (χ3v) is 3.51. The number of anilines is 1. The molecule has 0 aliphatic carbocycles. The molecule has 1 aliphatic heterocycles. The molecule has 1 aliphatic rings. The normalized spacial score (nSPS) is 20.2. The van der Waals surface area contributed by atoms with Gasteiger partial charge in [0.05, 0.1) is 13.1 Å². The SMILES string of the molecule is OC1(C(F)(F)F)CN(c2nnc(Br)s2)C1. The Balaban J connectivity index is 2.05. The number of halogens is 4. The van der Waals surface area contributed by atoms with E-state index < -0.39 is 24.9 Å². The van der Waals surface area contributed by atoms with Crippen LogP contribution in [-0.4, -0.2) is 40.2 Å². The Morgan fingerprint density at radius 2 is 2.00 bits per heavy atom. The number of β-amino-alcohol motifs (C(OH)–C–C–N with tert-alkyl or cyclic N) is 1. The molecule has 0 atom stereocenters. The molecule has 9 heteroatoms. The van der Waals surface area contributed by atoms with Gasteiger partial charge in [0.2, 0.25) is 5.13 Å². The van der Waals surface area contributed by atoms with Gasteiger partial charge in [0, 0.05) is 0 Å². The molecule has 0 aromatic carbocycles. The molecule has 2 heterocycles. The summed E-state index contributed by atoms with van der Waals surface area (Å²) < 4.78 is 37.3. The largest absolute Gasteiger partial charge is 0.420 e. The summed E-state index contributed by atoms with van der Waals surface area (Å²) in [6.07, 6.45) is -4.59. The van der Waals surface area contributed by atoms with Crippen LogP contribution < -0.4 is 4.90 Å². The Kier molecular flexibility index (Phi) is 2.43. The van der Waals surface area contributed by atoms with E-state index in [1.807, 2.05) is 0 Å². The molecule has 84 valence electrons. The van der Waals surface area contributed by atoms with Gasteiger partial charge in [0.15, 0.2) is 9.52 Å². The van der Waals surface area contributed by atoms with Crippen molar-refractivity contribution in [3.8, 4) is 0 Å². The predicted octanol–water partition coefficient (Wildman–Crippen LogP) is 1.41. The fourth-order valence-corrected chi connectivity index (χ4v) is 2.31. The maximum absolute atomic E-state index is 12.3. The maximum Gasteiger partial charge on any atom is 0.420 e. The molecule has 2 rings (SSSR count). The lowest BCUT2D eigenvalue weighted by Gasteiger charge is -2.46. The summed E-state index contributed by atoms with van der Waals surface area (Å²) in [6.45, 7) is -0.976. The first kappa shape index (κ1) is 11.1.